The molecule has 20 heavy (non-hydrogen) atoms. The van der Waals surface area contributed by atoms with E-state index in [-0.39, 0.29) is 11.7 Å². The van der Waals surface area contributed by atoms with Gasteiger partial charge in [-0.1, -0.05) is 44.7 Å². The van der Waals surface area contributed by atoms with Gasteiger partial charge in [-0.15, -0.1) is 0 Å². The average Bonchev–Trinajstić information content (AvgIpc) is 2.50. The highest BCUT2D eigenvalue weighted by Crippen LogP contribution is 2.30. The van der Waals surface area contributed by atoms with Crippen LogP contribution in [-0.4, -0.2) is 23.5 Å². The number of amidine groups is 1. The summed E-state index contributed by atoms with van der Waals surface area (Å²) in [4.78, 5) is 12.1. The zero-order chi connectivity index (χ0) is 15.0. The van der Waals surface area contributed by atoms with Crippen LogP contribution in [0.3, 0.4) is 0 Å². The zero-order valence-corrected chi connectivity index (χ0v) is 12.8. The molecule has 0 aromatic heterocycles. The number of carbonyl (C=O) groups excluding carboxylic acids is 1. The van der Waals surface area contributed by atoms with Crippen LogP contribution < -0.4 is 11.1 Å². The lowest BCUT2D eigenvalue weighted by molar-refractivity contribution is -0.123. The smallest absolute Gasteiger partial charge is 0.230 e. The third kappa shape index (κ3) is 5.02. The largest absolute Gasteiger partial charge is 0.409 e. The molecule has 1 fully saturated rings. The van der Waals surface area contributed by atoms with E-state index in [0.717, 1.165) is 12.3 Å². The van der Waals surface area contributed by atoms with Crippen LogP contribution in [0.4, 0.5) is 0 Å². The molecule has 0 heterocycles. The second-order valence-electron chi connectivity index (χ2n) is 5.91. The highest BCUT2D eigenvalue weighted by atomic mass is 16.4. The lowest BCUT2D eigenvalue weighted by atomic mass is 9.81. The third-order valence-electron chi connectivity index (χ3n) is 4.47. The molecule has 0 radical (unpaired) electrons. The molecule has 1 rings (SSSR count). The van der Waals surface area contributed by atoms with Gasteiger partial charge in [0.2, 0.25) is 5.91 Å². The number of oxime groups is 1. The number of amides is 1. The van der Waals surface area contributed by atoms with Crippen LogP contribution in [0.15, 0.2) is 5.16 Å². The Bertz CT molecular complexity index is 323. The molecule has 1 aliphatic carbocycles. The maximum Gasteiger partial charge on any atom is 0.230 e. The van der Waals surface area contributed by atoms with E-state index >= 15 is 0 Å². The van der Waals surface area contributed by atoms with Crippen molar-refractivity contribution >= 4 is 11.7 Å². The predicted octanol–water partition coefficient (Wildman–Crippen LogP) is 2.48. The van der Waals surface area contributed by atoms with Crippen molar-refractivity contribution in [3.05, 3.63) is 0 Å². The van der Waals surface area contributed by atoms with Gasteiger partial charge >= 0.3 is 0 Å². The van der Waals surface area contributed by atoms with Gasteiger partial charge in [0.05, 0.1) is 5.92 Å². The molecular weight excluding hydrogens is 254 g/mol. The molecule has 116 valence electrons. The molecule has 4 N–H and O–H groups in total. The molecule has 0 spiro atoms. The summed E-state index contributed by atoms with van der Waals surface area (Å²) in [6, 6.07) is 0. The number of nitrogens with zero attached hydrogens (tertiary/aromatic N) is 1. The summed E-state index contributed by atoms with van der Waals surface area (Å²) >= 11 is 0. The minimum atomic E-state index is -0.503. The summed E-state index contributed by atoms with van der Waals surface area (Å²) in [5.41, 5.74) is 5.59. The predicted molar refractivity (Wildman–Crippen MR) is 80.6 cm³/mol. The second-order valence-corrected chi connectivity index (χ2v) is 5.91. The first-order chi connectivity index (χ1) is 9.62. The Hall–Kier alpha value is -1.26. The molecule has 0 bridgehead atoms. The number of nitrogens with one attached hydrogen (secondary N) is 1. The van der Waals surface area contributed by atoms with Crippen molar-refractivity contribution in [3.8, 4) is 0 Å². The third-order valence-corrected chi connectivity index (χ3v) is 4.47. The Morgan fingerprint density at radius 1 is 1.30 bits per heavy atom. The van der Waals surface area contributed by atoms with E-state index in [0.29, 0.717) is 18.9 Å². The monoisotopic (exact) mass is 283 g/mol. The first-order valence-electron chi connectivity index (χ1n) is 7.87. The van der Waals surface area contributed by atoms with E-state index in [4.69, 9.17) is 10.9 Å². The van der Waals surface area contributed by atoms with Crippen molar-refractivity contribution in [2.75, 3.05) is 6.54 Å². The fourth-order valence-corrected chi connectivity index (χ4v) is 2.98. The molecule has 0 aliphatic heterocycles. The minimum Gasteiger partial charge on any atom is -0.409 e. The first-order valence-corrected chi connectivity index (χ1v) is 7.87. The molecule has 1 unspecified atom stereocenters. The highest BCUT2D eigenvalue weighted by Gasteiger charge is 2.24. The van der Waals surface area contributed by atoms with Crippen LogP contribution in [-0.2, 0) is 4.79 Å². The summed E-state index contributed by atoms with van der Waals surface area (Å²) in [6.07, 6.45) is 7.65. The topological polar surface area (TPSA) is 87.7 Å². The summed E-state index contributed by atoms with van der Waals surface area (Å²) in [5, 5.41) is 14.7. The molecule has 5 nitrogen and oxygen atoms in total. The average molecular weight is 283 g/mol. The summed E-state index contributed by atoms with van der Waals surface area (Å²) < 4.78 is 0. The Kier molecular flexibility index (Phi) is 7.41. The van der Waals surface area contributed by atoms with Crippen molar-refractivity contribution < 1.29 is 10.0 Å². The fraction of sp³-hybridized carbons (Fsp3) is 0.867. The van der Waals surface area contributed by atoms with Crippen molar-refractivity contribution in [1.82, 2.24) is 5.32 Å². The Morgan fingerprint density at radius 2 is 1.90 bits per heavy atom. The summed E-state index contributed by atoms with van der Waals surface area (Å²) in [7, 11) is 0. The van der Waals surface area contributed by atoms with Crippen LogP contribution in [0.5, 0.6) is 0 Å². The number of hydrogen-bond acceptors (Lipinski definition) is 3. The van der Waals surface area contributed by atoms with Crippen LogP contribution in [0.2, 0.25) is 0 Å². The standard InChI is InChI=1S/C15H29N3O2/c1-3-5-13(14(16)18-20)15(19)17-10-12-8-6-11(4-2)7-9-12/h11-13,20H,3-10H2,1-2H3,(H2,16,18)(H,17,19). The Labute approximate surface area is 122 Å². The van der Waals surface area contributed by atoms with E-state index in [1.807, 2.05) is 6.92 Å². The van der Waals surface area contributed by atoms with Crippen molar-refractivity contribution in [1.29, 1.82) is 0 Å². The van der Waals surface area contributed by atoms with Crippen LogP contribution >= 0.6 is 0 Å². The molecular formula is C15H29N3O2. The van der Waals surface area contributed by atoms with E-state index in [2.05, 4.69) is 17.4 Å². The van der Waals surface area contributed by atoms with Gasteiger partial charge in [0, 0.05) is 6.54 Å². The van der Waals surface area contributed by atoms with Crippen LogP contribution in [0, 0.1) is 17.8 Å². The van der Waals surface area contributed by atoms with Gasteiger partial charge < -0.3 is 16.3 Å². The van der Waals surface area contributed by atoms with Gasteiger partial charge in [0.25, 0.3) is 0 Å². The molecule has 0 saturated heterocycles. The minimum absolute atomic E-state index is 0.0130. The molecule has 1 saturated carbocycles. The number of rotatable bonds is 7. The van der Waals surface area contributed by atoms with Gasteiger partial charge in [-0.2, -0.15) is 0 Å². The second kappa shape index (κ2) is 8.82. The fourth-order valence-electron chi connectivity index (χ4n) is 2.98. The van der Waals surface area contributed by atoms with E-state index in [1.54, 1.807) is 0 Å². The number of hydrogen-bond donors (Lipinski definition) is 3. The quantitative estimate of drug-likeness (QED) is 0.290. The maximum atomic E-state index is 12.1. The molecule has 0 aromatic carbocycles. The van der Waals surface area contributed by atoms with Crippen molar-refractivity contribution in [2.45, 2.75) is 58.8 Å². The summed E-state index contributed by atoms with van der Waals surface area (Å²) in [5.74, 6) is 0.846. The van der Waals surface area contributed by atoms with Gasteiger partial charge in [-0.3, -0.25) is 4.79 Å². The van der Waals surface area contributed by atoms with Gasteiger partial charge in [-0.05, 0) is 31.1 Å². The zero-order valence-electron chi connectivity index (χ0n) is 12.8. The van der Waals surface area contributed by atoms with Crippen molar-refractivity contribution in [3.63, 3.8) is 0 Å². The molecule has 0 aromatic rings. The Morgan fingerprint density at radius 3 is 2.40 bits per heavy atom. The molecule has 1 amide bonds. The normalized spacial score (nSPS) is 25.2. The number of nitrogens with two attached hydrogens (primary N) is 1. The Balaban J connectivity index is 2.38. The first kappa shape index (κ1) is 16.8. The highest BCUT2D eigenvalue weighted by molar-refractivity contribution is 6.02. The van der Waals surface area contributed by atoms with Gasteiger partial charge in [0.15, 0.2) is 5.84 Å². The molecule has 5 heteroatoms. The van der Waals surface area contributed by atoms with Gasteiger partial charge in [0.1, 0.15) is 0 Å². The van der Waals surface area contributed by atoms with E-state index < -0.39 is 5.92 Å². The lowest BCUT2D eigenvalue weighted by Gasteiger charge is -2.28. The van der Waals surface area contributed by atoms with E-state index in [9.17, 15) is 4.79 Å². The SMILES string of the molecule is CCCC(C(=O)NCC1CCC(CC)CC1)C(N)=NO. The summed E-state index contributed by atoms with van der Waals surface area (Å²) in [6.45, 7) is 4.95. The maximum absolute atomic E-state index is 12.1. The molecule has 1 atom stereocenters. The number of carbonyl (C=O) groups is 1. The van der Waals surface area contributed by atoms with Crippen LogP contribution in [0.25, 0.3) is 0 Å². The van der Waals surface area contributed by atoms with Gasteiger partial charge in [-0.25, -0.2) is 0 Å². The van der Waals surface area contributed by atoms with E-state index in [1.165, 1.54) is 32.1 Å². The van der Waals surface area contributed by atoms with Crippen molar-refractivity contribution in [2.24, 2.45) is 28.6 Å². The molecule has 1 aliphatic rings. The lowest BCUT2D eigenvalue weighted by Crippen LogP contribution is -2.41. The van der Waals surface area contributed by atoms with Crippen LogP contribution in [0.1, 0.15) is 58.8 Å².